The van der Waals surface area contributed by atoms with Crippen molar-refractivity contribution in [2.75, 3.05) is 12.4 Å². The maximum atomic E-state index is 12.8. The molecule has 2 aromatic rings. The molecule has 1 amide bonds. The summed E-state index contributed by atoms with van der Waals surface area (Å²) >= 11 is 1.23. The minimum absolute atomic E-state index is 0.0729. The quantitative estimate of drug-likeness (QED) is 0.768. The van der Waals surface area contributed by atoms with Gasteiger partial charge in [0.1, 0.15) is 21.7 Å². The lowest BCUT2D eigenvalue weighted by Gasteiger charge is -2.15. The second-order valence-corrected chi connectivity index (χ2v) is 8.80. The molecule has 0 aliphatic heterocycles. The number of carbonyl (C=O) groups is 1. The predicted octanol–water partition coefficient (Wildman–Crippen LogP) is 3.10. The van der Waals surface area contributed by atoms with Crippen molar-refractivity contribution in [3.8, 4) is 11.8 Å². The summed E-state index contributed by atoms with van der Waals surface area (Å²) in [6.07, 6.45) is 3.59. The van der Waals surface area contributed by atoms with E-state index in [1.807, 2.05) is 6.07 Å². The molecule has 1 aliphatic rings. The Balaban J connectivity index is 1.88. The molecule has 7 nitrogen and oxygen atoms in total. The van der Waals surface area contributed by atoms with Crippen molar-refractivity contribution in [3.05, 3.63) is 40.8 Å². The van der Waals surface area contributed by atoms with Crippen LogP contribution in [0, 0.1) is 11.3 Å². The number of sulfonamides is 1. The van der Waals surface area contributed by atoms with Crippen molar-refractivity contribution in [1.29, 1.82) is 5.26 Å². The van der Waals surface area contributed by atoms with E-state index in [1.54, 1.807) is 11.4 Å². The van der Waals surface area contributed by atoms with Crippen LogP contribution < -0.4 is 14.8 Å². The highest BCUT2D eigenvalue weighted by Crippen LogP contribution is 2.28. The number of hydrogen-bond acceptors (Lipinski definition) is 6. The van der Waals surface area contributed by atoms with Crippen LogP contribution in [-0.4, -0.2) is 27.5 Å². The van der Waals surface area contributed by atoms with E-state index in [2.05, 4.69) is 10.0 Å². The van der Waals surface area contributed by atoms with Crippen LogP contribution in [0.25, 0.3) is 0 Å². The van der Waals surface area contributed by atoms with Crippen molar-refractivity contribution in [3.63, 3.8) is 0 Å². The van der Waals surface area contributed by atoms with Crippen LogP contribution in [0.15, 0.2) is 34.5 Å². The molecule has 1 saturated carbocycles. The van der Waals surface area contributed by atoms with Crippen LogP contribution in [0.4, 0.5) is 5.00 Å². The number of carbonyl (C=O) groups excluding carboxylic acids is 1. The van der Waals surface area contributed by atoms with Crippen LogP contribution in [0.1, 0.15) is 41.6 Å². The Hall–Kier alpha value is -2.41. The van der Waals surface area contributed by atoms with E-state index in [9.17, 15) is 13.2 Å². The van der Waals surface area contributed by atoms with Crippen molar-refractivity contribution < 1.29 is 17.9 Å². The van der Waals surface area contributed by atoms with Crippen molar-refractivity contribution in [1.82, 2.24) is 4.72 Å². The largest absolute Gasteiger partial charge is 0.495 e. The summed E-state index contributed by atoms with van der Waals surface area (Å²) in [5, 5.41) is 13.8. The number of anilines is 1. The Morgan fingerprint density at radius 1 is 1.30 bits per heavy atom. The molecule has 3 rings (SSSR count). The molecule has 1 fully saturated rings. The van der Waals surface area contributed by atoms with Gasteiger partial charge in [0.15, 0.2) is 0 Å². The lowest BCUT2D eigenvalue weighted by atomic mass is 10.2. The Kier molecular flexibility index (Phi) is 5.79. The Morgan fingerprint density at radius 3 is 2.70 bits per heavy atom. The van der Waals surface area contributed by atoms with Gasteiger partial charge in [-0.1, -0.05) is 12.8 Å². The van der Waals surface area contributed by atoms with E-state index < -0.39 is 15.9 Å². The zero-order valence-electron chi connectivity index (χ0n) is 14.7. The molecule has 1 heterocycles. The average molecular weight is 406 g/mol. The second kappa shape index (κ2) is 8.08. The molecule has 0 saturated heterocycles. The van der Waals surface area contributed by atoms with Crippen molar-refractivity contribution in [2.45, 2.75) is 36.6 Å². The maximum absolute atomic E-state index is 12.8. The summed E-state index contributed by atoms with van der Waals surface area (Å²) < 4.78 is 33.5. The fraction of sp³-hybridized carbons (Fsp3) is 0.333. The third-order valence-electron chi connectivity index (χ3n) is 4.41. The summed E-state index contributed by atoms with van der Waals surface area (Å²) in [5.74, 6) is -0.320. The zero-order chi connectivity index (χ0) is 19.4. The third kappa shape index (κ3) is 4.30. The molecule has 2 N–H and O–H groups in total. The summed E-state index contributed by atoms with van der Waals surface area (Å²) in [6, 6.07) is 7.75. The van der Waals surface area contributed by atoms with Crippen molar-refractivity contribution >= 4 is 32.3 Å². The molecule has 1 aliphatic carbocycles. The first-order valence-corrected chi connectivity index (χ1v) is 10.8. The molecule has 0 radical (unpaired) electrons. The molecule has 0 atom stereocenters. The van der Waals surface area contributed by atoms with E-state index in [0.717, 1.165) is 25.7 Å². The minimum Gasteiger partial charge on any atom is -0.495 e. The number of rotatable bonds is 6. The Morgan fingerprint density at radius 2 is 2.04 bits per heavy atom. The zero-order valence-corrected chi connectivity index (χ0v) is 16.3. The second-order valence-electron chi connectivity index (χ2n) is 6.20. The van der Waals surface area contributed by atoms with Gasteiger partial charge in [-0.2, -0.15) is 5.26 Å². The average Bonchev–Trinajstić information content (AvgIpc) is 3.32. The van der Waals surface area contributed by atoms with Crippen LogP contribution in [0.5, 0.6) is 5.75 Å². The van der Waals surface area contributed by atoms with Gasteiger partial charge in [0.25, 0.3) is 5.91 Å². The SMILES string of the molecule is COc1ccc(C(=O)Nc2sccc2C#N)cc1S(=O)(=O)NC1CCCC1. The summed E-state index contributed by atoms with van der Waals surface area (Å²) in [7, 11) is -2.44. The number of thiophene rings is 1. The van der Waals surface area contributed by atoms with Gasteiger partial charge in [0.2, 0.25) is 10.0 Å². The first-order chi connectivity index (χ1) is 12.9. The number of benzene rings is 1. The van der Waals surface area contributed by atoms with Gasteiger partial charge >= 0.3 is 0 Å². The van der Waals surface area contributed by atoms with Gasteiger partial charge in [-0.3, -0.25) is 4.79 Å². The van der Waals surface area contributed by atoms with Crippen molar-refractivity contribution in [2.24, 2.45) is 0 Å². The predicted molar refractivity (Wildman–Crippen MR) is 103 cm³/mol. The van der Waals surface area contributed by atoms with Gasteiger partial charge in [-0.25, -0.2) is 13.1 Å². The smallest absolute Gasteiger partial charge is 0.256 e. The molecule has 0 spiro atoms. The van der Waals surface area contributed by atoms with E-state index in [4.69, 9.17) is 10.00 Å². The third-order valence-corrected chi connectivity index (χ3v) is 6.78. The van der Waals surface area contributed by atoms with Gasteiger partial charge in [0, 0.05) is 11.6 Å². The number of nitriles is 1. The topological polar surface area (TPSA) is 108 Å². The molecular weight excluding hydrogens is 386 g/mol. The van der Waals surface area contributed by atoms with E-state index in [-0.39, 0.29) is 22.3 Å². The normalized spacial score (nSPS) is 14.7. The molecule has 0 unspecified atom stereocenters. The minimum atomic E-state index is -3.82. The highest BCUT2D eigenvalue weighted by atomic mass is 32.2. The fourth-order valence-corrected chi connectivity index (χ4v) is 5.26. The molecule has 9 heteroatoms. The highest BCUT2D eigenvalue weighted by Gasteiger charge is 2.26. The molecule has 142 valence electrons. The Bertz CT molecular complexity index is 986. The van der Waals surface area contributed by atoms with Gasteiger partial charge in [0.05, 0.1) is 12.7 Å². The number of methoxy groups -OCH3 is 1. The standard InChI is InChI=1S/C18H19N3O4S2/c1-25-15-7-6-12(17(22)20-18-13(11-19)8-9-26-18)10-16(15)27(23,24)21-14-4-2-3-5-14/h6-10,14,21H,2-5H2,1H3,(H,20,22). The van der Waals surface area contributed by atoms with Crippen LogP contribution >= 0.6 is 11.3 Å². The van der Waals surface area contributed by atoms with E-state index >= 15 is 0 Å². The van der Waals surface area contributed by atoms with Crippen LogP contribution in [0.2, 0.25) is 0 Å². The van der Waals surface area contributed by atoms with Gasteiger partial charge in [-0.05, 0) is 42.5 Å². The number of ether oxygens (including phenoxy) is 1. The van der Waals surface area contributed by atoms with Crippen LogP contribution in [0.3, 0.4) is 0 Å². The lowest BCUT2D eigenvalue weighted by Crippen LogP contribution is -2.33. The monoisotopic (exact) mass is 405 g/mol. The van der Waals surface area contributed by atoms with E-state index in [1.165, 1.54) is 36.6 Å². The first-order valence-electron chi connectivity index (χ1n) is 8.44. The number of nitrogens with zero attached hydrogens (tertiary/aromatic N) is 1. The molecular formula is C18H19N3O4S2. The number of hydrogen-bond donors (Lipinski definition) is 2. The van der Waals surface area contributed by atoms with E-state index in [0.29, 0.717) is 10.6 Å². The van der Waals surface area contributed by atoms with Gasteiger partial charge in [-0.15, -0.1) is 11.3 Å². The maximum Gasteiger partial charge on any atom is 0.256 e. The highest BCUT2D eigenvalue weighted by molar-refractivity contribution is 7.89. The van der Waals surface area contributed by atoms with Gasteiger partial charge < -0.3 is 10.1 Å². The Labute approximate surface area is 162 Å². The fourth-order valence-electron chi connectivity index (χ4n) is 3.02. The molecule has 1 aromatic carbocycles. The lowest BCUT2D eigenvalue weighted by molar-refractivity contribution is 0.102. The molecule has 27 heavy (non-hydrogen) atoms. The van der Waals surface area contributed by atoms with Crippen LogP contribution in [-0.2, 0) is 10.0 Å². The summed E-state index contributed by atoms with van der Waals surface area (Å²) in [6.45, 7) is 0. The molecule has 1 aromatic heterocycles. The summed E-state index contributed by atoms with van der Waals surface area (Å²) in [4.78, 5) is 12.5. The first kappa shape index (κ1) is 19.4. The number of amides is 1. The molecule has 0 bridgehead atoms. The number of nitrogens with one attached hydrogen (secondary N) is 2. The summed E-state index contributed by atoms with van der Waals surface area (Å²) in [5.41, 5.74) is 0.525.